The predicted octanol–water partition coefficient (Wildman–Crippen LogP) is 4.62. The van der Waals surface area contributed by atoms with Crippen molar-refractivity contribution in [3.8, 4) is 11.4 Å². The first-order valence-corrected chi connectivity index (χ1v) is 11.9. The van der Waals surface area contributed by atoms with Crippen molar-refractivity contribution in [1.82, 2.24) is 30.4 Å². The van der Waals surface area contributed by atoms with Crippen LogP contribution in [0.25, 0.3) is 5.69 Å². The molecule has 2 heterocycles. The summed E-state index contributed by atoms with van der Waals surface area (Å²) in [4.78, 5) is 14.8. The molecular weight excluding hydrogens is 489 g/mol. The van der Waals surface area contributed by atoms with Crippen molar-refractivity contribution in [3.05, 3.63) is 65.5 Å². The lowest BCUT2D eigenvalue weighted by molar-refractivity contribution is -0.146. The third kappa shape index (κ3) is 6.19. The molecule has 9 nitrogen and oxygen atoms in total. The number of nitrogens with zero attached hydrogens (tertiary/aromatic N) is 5. The Morgan fingerprint density at radius 1 is 1.16 bits per heavy atom. The van der Waals surface area contributed by atoms with Gasteiger partial charge in [0.15, 0.2) is 0 Å². The summed E-state index contributed by atoms with van der Waals surface area (Å²) in [6.07, 6.45) is -3.69. The van der Waals surface area contributed by atoms with Crippen molar-refractivity contribution in [2.24, 2.45) is 0 Å². The Kier molecular flexibility index (Phi) is 7.39. The van der Waals surface area contributed by atoms with Gasteiger partial charge in [-0.1, -0.05) is 30.3 Å². The van der Waals surface area contributed by atoms with Crippen molar-refractivity contribution in [2.45, 2.75) is 64.0 Å². The van der Waals surface area contributed by atoms with E-state index in [0.717, 1.165) is 18.4 Å². The van der Waals surface area contributed by atoms with Crippen LogP contribution in [-0.2, 0) is 17.5 Å². The fourth-order valence-corrected chi connectivity index (χ4v) is 4.42. The number of aromatic hydroxyl groups is 1. The lowest BCUT2D eigenvalue weighted by Crippen LogP contribution is -2.51. The van der Waals surface area contributed by atoms with Gasteiger partial charge in [0.1, 0.15) is 11.4 Å². The average molecular weight is 519 g/mol. The maximum absolute atomic E-state index is 13.3. The minimum Gasteiger partial charge on any atom is -0.508 e. The van der Waals surface area contributed by atoms with Crippen LogP contribution in [0.2, 0.25) is 0 Å². The van der Waals surface area contributed by atoms with Crippen molar-refractivity contribution in [2.75, 3.05) is 6.54 Å². The number of amides is 1. The summed E-state index contributed by atoms with van der Waals surface area (Å²) in [6, 6.07) is 13.0. The molecule has 0 bridgehead atoms. The topological polar surface area (TPSA) is 105 Å². The fraction of sp³-hybridized carbons (Fsp3) is 0.440. The second-order valence-corrected chi connectivity index (χ2v) is 9.88. The molecule has 1 saturated heterocycles. The highest BCUT2D eigenvalue weighted by atomic mass is 19.4. The molecule has 37 heavy (non-hydrogen) atoms. The highest BCUT2D eigenvalue weighted by molar-refractivity contribution is 5.69. The average Bonchev–Trinajstić information content (AvgIpc) is 3.34. The first-order valence-electron chi connectivity index (χ1n) is 11.9. The third-order valence-electron chi connectivity index (χ3n) is 5.99. The molecule has 0 saturated carbocycles. The van der Waals surface area contributed by atoms with Crippen LogP contribution in [0.5, 0.6) is 5.75 Å². The van der Waals surface area contributed by atoms with Crippen LogP contribution in [0, 0.1) is 0 Å². The number of tetrazole rings is 1. The van der Waals surface area contributed by atoms with Gasteiger partial charge in [0.05, 0.1) is 11.7 Å². The molecule has 1 aliphatic rings. The summed E-state index contributed by atoms with van der Waals surface area (Å²) >= 11 is 0. The Bertz CT molecular complexity index is 1230. The van der Waals surface area contributed by atoms with Gasteiger partial charge in [-0.2, -0.15) is 17.9 Å². The summed E-state index contributed by atoms with van der Waals surface area (Å²) < 4.78 is 46.1. The SMILES string of the molecule is CC(C)(C)OC(=O)N1CCCC(NCc2cc(-n3nnnc3C(F)(F)F)ccc2O)C1c1ccccc1. The highest BCUT2D eigenvalue weighted by Gasteiger charge is 2.39. The number of alkyl halides is 3. The Morgan fingerprint density at radius 3 is 2.57 bits per heavy atom. The van der Waals surface area contributed by atoms with Gasteiger partial charge in [0, 0.05) is 24.7 Å². The second kappa shape index (κ2) is 10.4. The van der Waals surface area contributed by atoms with Gasteiger partial charge in [0.2, 0.25) is 0 Å². The Morgan fingerprint density at radius 2 is 1.89 bits per heavy atom. The number of carbonyl (C=O) groups is 1. The number of piperidine rings is 1. The molecule has 3 aromatic rings. The molecule has 0 radical (unpaired) electrons. The Hall–Kier alpha value is -3.67. The zero-order chi connectivity index (χ0) is 26.8. The molecule has 2 atom stereocenters. The molecule has 2 aromatic carbocycles. The van der Waals surface area contributed by atoms with Crippen LogP contribution in [0.3, 0.4) is 0 Å². The van der Waals surface area contributed by atoms with E-state index in [1.165, 1.54) is 18.2 Å². The van der Waals surface area contributed by atoms with E-state index in [9.17, 15) is 23.1 Å². The molecule has 12 heteroatoms. The van der Waals surface area contributed by atoms with Crippen LogP contribution < -0.4 is 5.32 Å². The van der Waals surface area contributed by atoms with E-state index in [1.807, 2.05) is 51.1 Å². The normalized spacial score (nSPS) is 18.6. The van der Waals surface area contributed by atoms with E-state index in [4.69, 9.17) is 4.74 Å². The van der Waals surface area contributed by atoms with E-state index in [2.05, 4.69) is 20.8 Å². The van der Waals surface area contributed by atoms with Crippen molar-refractivity contribution in [1.29, 1.82) is 0 Å². The molecule has 0 aliphatic carbocycles. The lowest BCUT2D eigenvalue weighted by atomic mass is 9.90. The van der Waals surface area contributed by atoms with E-state index >= 15 is 0 Å². The summed E-state index contributed by atoms with van der Waals surface area (Å²) in [6.45, 7) is 6.10. The lowest BCUT2D eigenvalue weighted by Gasteiger charge is -2.42. The monoisotopic (exact) mass is 518 g/mol. The Balaban J connectivity index is 1.59. The minimum absolute atomic E-state index is 0.0607. The van der Waals surface area contributed by atoms with Crippen LogP contribution in [0.15, 0.2) is 48.5 Å². The zero-order valence-corrected chi connectivity index (χ0v) is 20.7. The first-order chi connectivity index (χ1) is 17.4. The number of nitrogens with one attached hydrogen (secondary N) is 1. The van der Waals surface area contributed by atoms with Gasteiger partial charge in [-0.05, 0) is 67.8 Å². The maximum atomic E-state index is 13.3. The van der Waals surface area contributed by atoms with E-state index in [1.54, 1.807) is 4.90 Å². The standard InChI is InChI=1S/C25H29F3N6O3/c1-24(2,3)37-23(36)33-13-7-10-19(21(33)16-8-5-4-6-9-16)29-15-17-14-18(11-12-20(17)35)34-22(25(26,27)28)30-31-32-34/h4-6,8-9,11-12,14,19,21,29,35H,7,10,13,15H2,1-3H3. The molecule has 1 amide bonds. The minimum atomic E-state index is -4.74. The van der Waals surface area contributed by atoms with Gasteiger partial charge in [-0.25, -0.2) is 4.79 Å². The molecule has 1 aromatic heterocycles. The van der Waals surface area contributed by atoms with Crippen LogP contribution in [0.1, 0.15) is 56.6 Å². The highest BCUT2D eigenvalue weighted by Crippen LogP contribution is 2.34. The molecule has 1 fully saturated rings. The molecule has 2 unspecified atom stereocenters. The number of likely N-dealkylation sites (tertiary alicyclic amines) is 1. The van der Waals surface area contributed by atoms with Crippen molar-refractivity contribution < 1.29 is 27.8 Å². The Labute approximate surface area is 212 Å². The number of benzene rings is 2. The first kappa shape index (κ1) is 26.4. The van der Waals surface area contributed by atoms with Crippen molar-refractivity contribution >= 4 is 6.09 Å². The second-order valence-electron chi connectivity index (χ2n) is 9.88. The number of hydrogen-bond acceptors (Lipinski definition) is 7. The number of rotatable bonds is 5. The number of ether oxygens (including phenoxy) is 1. The fourth-order valence-electron chi connectivity index (χ4n) is 4.42. The number of phenols is 1. The maximum Gasteiger partial charge on any atom is 0.453 e. The summed E-state index contributed by atoms with van der Waals surface area (Å²) in [7, 11) is 0. The number of aromatic nitrogens is 4. The van der Waals surface area contributed by atoms with E-state index < -0.39 is 23.7 Å². The van der Waals surface area contributed by atoms with Crippen LogP contribution in [0.4, 0.5) is 18.0 Å². The van der Waals surface area contributed by atoms with E-state index in [-0.39, 0.29) is 30.1 Å². The molecular formula is C25H29F3N6O3. The van der Waals surface area contributed by atoms with Gasteiger partial charge in [-0.3, -0.25) is 4.90 Å². The summed E-state index contributed by atoms with van der Waals surface area (Å²) in [5.74, 6) is -1.35. The predicted molar refractivity (Wildman–Crippen MR) is 128 cm³/mol. The third-order valence-corrected chi connectivity index (χ3v) is 5.99. The van der Waals surface area contributed by atoms with Gasteiger partial charge >= 0.3 is 12.3 Å². The number of carbonyl (C=O) groups excluding carboxylic acids is 1. The quantitative estimate of drug-likeness (QED) is 0.508. The largest absolute Gasteiger partial charge is 0.508 e. The van der Waals surface area contributed by atoms with Crippen LogP contribution in [-0.4, -0.2) is 54.5 Å². The van der Waals surface area contributed by atoms with Gasteiger partial charge in [0.25, 0.3) is 5.82 Å². The van der Waals surface area contributed by atoms with E-state index in [0.29, 0.717) is 16.8 Å². The molecule has 4 rings (SSSR count). The molecule has 198 valence electrons. The van der Waals surface area contributed by atoms with Crippen molar-refractivity contribution in [3.63, 3.8) is 0 Å². The number of halogens is 3. The molecule has 0 spiro atoms. The van der Waals surface area contributed by atoms with Gasteiger partial charge < -0.3 is 15.2 Å². The molecule has 2 N–H and O–H groups in total. The summed E-state index contributed by atoms with van der Waals surface area (Å²) in [5, 5.41) is 23.5. The van der Waals surface area contributed by atoms with Crippen LogP contribution >= 0.6 is 0 Å². The number of hydrogen-bond donors (Lipinski definition) is 2. The smallest absolute Gasteiger partial charge is 0.453 e. The van der Waals surface area contributed by atoms with Gasteiger partial charge in [-0.15, -0.1) is 5.10 Å². The molecule has 1 aliphatic heterocycles. The summed E-state index contributed by atoms with van der Waals surface area (Å²) in [5.41, 5.74) is 0.691. The number of phenolic OH excluding ortho intramolecular Hbond substituents is 1. The zero-order valence-electron chi connectivity index (χ0n) is 20.7.